The standard InChI is InChI=1S/C9H14N6O2/c10-9(17)14-4-3-13-8(16)6-1-2-12-7(5-6)15-11/h1-2,5H,3-4,11H2,(H,12,15)(H,13,16)(H3,10,14,17). The number of pyridine rings is 1. The lowest BCUT2D eigenvalue weighted by molar-refractivity contribution is 0.0954. The molecule has 0 aliphatic rings. The maximum Gasteiger partial charge on any atom is 0.312 e. The van der Waals surface area contributed by atoms with Crippen molar-refractivity contribution in [3.63, 3.8) is 0 Å². The van der Waals surface area contributed by atoms with Crippen LogP contribution >= 0.6 is 0 Å². The Morgan fingerprint density at radius 1 is 1.29 bits per heavy atom. The maximum atomic E-state index is 11.6. The normalized spacial score (nSPS) is 9.47. The number of hydrazine groups is 1. The summed E-state index contributed by atoms with van der Waals surface area (Å²) in [5, 5.41) is 4.95. The van der Waals surface area contributed by atoms with Crippen LogP contribution in [0, 0.1) is 0 Å². The lowest BCUT2D eigenvalue weighted by Crippen LogP contribution is -2.37. The number of hydrogen-bond donors (Lipinski definition) is 5. The van der Waals surface area contributed by atoms with E-state index in [-0.39, 0.29) is 19.0 Å². The van der Waals surface area contributed by atoms with Crippen LogP contribution < -0.4 is 27.6 Å². The summed E-state index contributed by atoms with van der Waals surface area (Å²) in [4.78, 5) is 25.8. The zero-order chi connectivity index (χ0) is 12.7. The molecule has 1 heterocycles. The second-order valence-corrected chi connectivity index (χ2v) is 3.12. The molecule has 0 atom stereocenters. The van der Waals surface area contributed by atoms with Crippen molar-refractivity contribution in [3.8, 4) is 0 Å². The molecule has 8 heteroatoms. The molecule has 0 unspecified atom stereocenters. The Labute approximate surface area is 97.7 Å². The van der Waals surface area contributed by atoms with Gasteiger partial charge < -0.3 is 21.8 Å². The summed E-state index contributed by atoms with van der Waals surface area (Å²) in [5.41, 5.74) is 7.63. The van der Waals surface area contributed by atoms with Gasteiger partial charge in [-0.25, -0.2) is 15.6 Å². The van der Waals surface area contributed by atoms with Crippen LogP contribution in [0.3, 0.4) is 0 Å². The predicted molar refractivity (Wildman–Crippen MR) is 62.0 cm³/mol. The monoisotopic (exact) mass is 238 g/mol. The quantitative estimate of drug-likeness (QED) is 0.248. The van der Waals surface area contributed by atoms with Crippen LogP contribution in [-0.4, -0.2) is 30.0 Å². The Morgan fingerprint density at radius 2 is 2.00 bits per heavy atom. The summed E-state index contributed by atoms with van der Waals surface area (Å²) >= 11 is 0. The van der Waals surface area contributed by atoms with Crippen molar-refractivity contribution in [3.05, 3.63) is 23.9 Å². The van der Waals surface area contributed by atoms with Gasteiger partial charge in [0, 0.05) is 24.8 Å². The zero-order valence-corrected chi connectivity index (χ0v) is 9.06. The third-order valence-electron chi connectivity index (χ3n) is 1.88. The number of urea groups is 1. The highest BCUT2D eigenvalue weighted by Gasteiger charge is 2.05. The molecule has 92 valence electrons. The van der Waals surface area contributed by atoms with Gasteiger partial charge in [0.05, 0.1) is 0 Å². The molecule has 3 amide bonds. The van der Waals surface area contributed by atoms with Gasteiger partial charge in [-0.05, 0) is 12.1 Å². The molecule has 0 saturated heterocycles. The van der Waals surface area contributed by atoms with E-state index >= 15 is 0 Å². The predicted octanol–water partition coefficient (Wildman–Crippen LogP) is -1.23. The zero-order valence-electron chi connectivity index (χ0n) is 9.06. The van der Waals surface area contributed by atoms with Crippen molar-refractivity contribution in [2.45, 2.75) is 0 Å². The number of primary amides is 1. The van der Waals surface area contributed by atoms with Gasteiger partial charge in [0.2, 0.25) is 0 Å². The fraction of sp³-hybridized carbons (Fsp3) is 0.222. The minimum atomic E-state index is -0.627. The highest BCUT2D eigenvalue weighted by molar-refractivity contribution is 5.94. The fourth-order valence-electron chi connectivity index (χ4n) is 1.11. The highest BCUT2D eigenvalue weighted by Crippen LogP contribution is 2.04. The average Bonchev–Trinajstić information content (AvgIpc) is 2.34. The summed E-state index contributed by atoms with van der Waals surface area (Å²) in [6.45, 7) is 0.559. The molecule has 0 fully saturated rings. The molecule has 1 aromatic rings. The molecule has 0 aliphatic carbocycles. The molecule has 0 aliphatic heterocycles. The Morgan fingerprint density at radius 3 is 2.65 bits per heavy atom. The number of nitrogens with two attached hydrogens (primary N) is 2. The van der Waals surface area contributed by atoms with Crippen LogP contribution in [0.25, 0.3) is 0 Å². The largest absolute Gasteiger partial charge is 0.352 e. The second kappa shape index (κ2) is 6.28. The molecule has 17 heavy (non-hydrogen) atoms. The van der Waals surface area contributed by atoms with Crippen LogP contribution in [0.4, 0.5) is 10.6 Å². The van der Waals surface area contributed by atoms with Gasteiger partial charge in [-0.2, -0.15) is 0 Å². The first-order valence-corrected chi connectivity index (χ1v) is 4.87. The smallest absolute Gasteiger partial charge is 0.312 e. The van der Waals surface area contributed by atoms with Crippen LogP contribution in [0.1, 0.15) is 10.4 Å². The van der Waals surface area contributed by atoms with Crippen molar-refractivity contribution in [1.82, 2.24) is 15.6 Å². The number of nitrogen functional groups attached to an aromatic ring is 1. The summed E-state index contributed by atoms with van der Waals surface area (Å²) in [6, 6.07) is 2.44. The minimum absolute atomic E-state index is 0.272. The highest BCUT2D eigenvalue weighted by atomic mass is 16.2. The number of anilines is 1. The number of nitrogens with zero attached hydrogens (tertiary/aromatic N) is 1. The van der Waals surface area contributed by atoms with Crippen LogP contribution in [0.5, 0.6) is 0 Å². The van der Waals surface area contributed by atoms with Crippen molar-refractivity contribution in [2.75, 3.05) is 18.5 Å². The van der Waals surface area contributed by atoms with Crippen molar-refractivity contribution in [1.29, 1.82) is 0 Å². The topological polar surface area (TPSA) is 135 Å². The summed E-state index contributed by atoms with van der Waals surface area (Å²) in [5.74, 6) is 5.28. The Hall–Kier alpha value is -2.35. The summed E-state index contributed by atoms with van der Waals surface area (Å²) in [7, 11) is 0. The average molecular weight is 238 g/mol. The van der Waals surface area contributed by atoms with E-state index in [0.29, 0.717) is 11.4 Å². The van der Waals surface area contributed by atoms with E-state index in [9.17, 15) is 9.59 Å². The van der Waals surface area contributed by atoms with Crippen molar-refractivity contribution >= 4 is 17.8 Å². The first-order valence-electron chi connectivity index (χ1n) is 4.87. The van der Waals surface area contributed by atoms with Crippen LogP contribution in [0.2, 0.25) is 0 Å². The van der Waals surface area contributed by atoms with Gasteiger partial charge in [-0.3, -0.25) is 4.79 Å². The number of carbonyl (C=O) groups is 2. The molecule has 0 spiro atoms. The maximum absolute atomic E-state index is 11.6. The van der Waals surface area contributed by atoms with E-state index in [1.807, 2.05) is 0 Å². The first kappa shape index (κ1) is 12.7. The molecule has 0 saturated carbocycles. The molecule has 1 rings (SSSR count). The number of nitrogens with one attached hydrogen (secondary N) is 3. The Bertz CT molecular complexity index is 408. The van der Waals surface area contributed by atoms with Gasteiger partial charge in [0.15, 0.2) is 0 Å². The van der Waals surface area contributed by atoms with E-state index in [2.05, 4.69) is 21.0 Å². The van der Waals surface area contributed by atoms with Gasteiger partial charge in [-0.1, -0.05) is 0 Å². The summed E-state index contributed by atoms with van der Waals surface area (Å²) < 4.78 is 0. The van der Waals surface area contributed by atoms with E-state index in [1.165, 1.54) is 12.3 Å². The molecule has 1 aromatic heterocycles. The lowest BCUT2D eigenvalue weighted by Gasteiger charge is -2.06. The number of aromatic nitrogens is 1. The van der Waals surface area contributed by atoms with Gasteiger partial charge in [0.25, 0.3) is 5.91 Å². The molecule has 0 bridgehead atoms. The van der Waals surface area contributed by atoms with Crippen LogP contribution in [0.15, 0.2) is 18.3 Å². The number of rotatable bonds is 5. The van der Waals surface area contributed by atoms with Crippen molar-refractivity contribution < 1.29 is 9.59 Å². The number of amides is 3. The first-order chi connectivity index (χ1) is 8.13. The van der Waals surface area contributed by atoms with Gasteiger partial charge >= 0.3 is 6.03 Å². The molecule has 7 N–H and O–H groups in total. The molecule has 0 radical (unpaired) electrons. The van der Waals surface area contributed by atoms with E-state index in [1.54, 1.807) is 6.07 Å². The number of hydrogen-bond acceptors (Lipinski definition) is 5. The number of carbonyl (C=O) groups excluding carboxylic acids is 2. The molecular weight excluding hydrogens is 224 g/mol. The van der Waals surface area contributed by atoms with E-state index in [4.69, 9.17) is 11.6 Å². The van der Waals surface area contributed by atoms with Crippen LogP contribution in [-0.2, 0) is 0 Å². The van der Waals surface area contributed by atoms with E-state index < -0.39 is 6.03 Å². The Balaban J connectivity index is 2.43. The molecular formula is C9H14N6O2. The fourth-order valence-corrected chi connectivity index (χ4v) is 1.11. The summed E-state index contributed by atoms with van der Waals surface area (Å²) in [6.07, 6.45) is 1.46. The molecule has 8 nitrogen and oxygen atoms in total. The Kier molecular flexibility index (Phi) is 4.70. The van der Waals surface area contributed by atoms with Gasteiger partial charge in [-0.15, -0.1) is 0 Å². The van der Waals surface area contributed by atoms with Gasteiger partial charge in [0.1, 0.15) is 5.82 Å². The third kappa shape index (κ3) is 4.34. The lowest BCUT2D eigenvalue weighted by atomic mass is 10.2. The third-order valence-corrected chi connectivity index (χ3v) is 1.88. The molecule has 0 aromatic carbocycles. The minimum Gasteiger partial charge on any atom is -0.352 e. The van der Waals surface area contributed by atoms with E-state index in [0.717, 1.165) is 0 Å². The second-order valence-electron chi connectivity index (χ2n) is 3.12. The SMILES string of the molecule is NNc1cc(C(=O)NCCNC(N)=O)ccn1. The van der Waals surface area contributed by atoms with Crippen molar-refractivity contribution in [2.24, 2.45) is 11.6 Å².